The number of amides is 2. The summed E-state index contributed by atoms with van der Waals surface area (Å²) in [6.45, 7) is 8.23. The predicted molar refractivity (Wildman–Crippen MR) is 131 cm³/mol. The molecule has 11 heteroatoms. The SMILES string of the molecule is CC1CCc2c(sc(NC(=O)NCc3c(C(F)(F)F)sc4c3CCNC4)c2C(=O)OC(C)(C)C)C1. The van der Waals surface area contributed by atoms with Gasteiger partial charge >= 0.3 is 18.2 Å². The Morgan fingerprint density at radius 2 is 1.86 bits per heavy atom. The largest absolute Gasteiger partial charge is 0.456 e. The summed E-state index contributed by atoms with van der Waals surface area (Å²) in [7, 11) is 0. The Kier molecular flexibility index (Phi) is 7.23. The first-order chi connectivity index (χ1) is 16.3. The number of rotatable bonds is 4. The van der Waals surface area contributed by atoms with Crippen LogP contribution in [0.5, 0.6) is 0 Å². The van der Waals surface area contributed by atoms with Crippen molar-refractivity contribution in [1.29, 1.82) is 0 Å². The topological polar surface area (TPSA) is 79.5 Å². The Labute approximate surface area is 210 Å². The van der Waals surface area contributed by atoms with Crippen LogP contribution in [0.15, 0.2) is 0 Å². The van der Waals surface area contributed by atoms with Crippen LogP contribution < -0.4 is 16.0 Å². The van der Waals surface area contributed by atoms with E-state index < -0.39 is 28.7 Å². The van der Waals surface area contributed by atoms with Crippen LogP contribution in [-0.2, 0) is 43.3 Å². The Balaban J connectivity index is 1.55. The highest BCUT2D eigenvalue weighted by Gasteiger charge is 2.38. The van der Waals surface area contributed by atoms with Crippen molar-refractivity contribution in [3.63, 3.8) is 0 Å². The standard InChI is InChI=1S/C24H30F3N3O3S2/c1-12-5-6-14-16(9-12)35-20(18(14)21(31)33-23(2,3)4)30-22(32)29-10-15-13-7-8-28-11-17(13)34-19(15)24(25,26)27/h12,28H,5-11H2,1-4H3,(H2,29,30,32). The van der Waals surface area contributed by atoms with Crippen molar-refractivity contribution in [3.8, 4) is 0 Å². The Hall–Kier alpha value is -2.11. The molecule has 1 aliphatic carbocycles. The van der Waals surface area contributed by atoms with Gasteiger partial charge in [-0.05, 0) is 75.6 Å². The number of ether oxygens (including phenoxy) is 1. The number of alkyl halides is 3. The highest BCUT2D eigenvalue weighted by Crippen LogP contribution is 2.42. The lowest BCUT2D eigenvalue weighted by Gasteiger charge is -2.22. The number of hydrogen-bond acceptors (Lipinski definition) is 6. The van der Waals surface area contributed by atoms with Crippen LogP contribution in [0, 0.1) is 5.92 Å². The van der Waals surface area contributed by atoms with Gasteiger partial charge in [0.05, 0.1) is 5.56 Å². The zero-order chi connectivity index (χ0) is 25.5. The van der Waals surface area contributed by atoms with E-state index in [0.717, 1.165) is 41.0 Å². The van der Waals surface area contributed by atoms with E-state index in [2.05, 4.69) is 22.9 Å². The predicted octanol–water partition coefficient (Wildman–Crippen LogP) is 5.88. The van der Waals surface area contributed by atoms with Gasteiger partial charge in [0.25, 0.3) is 0 Å². The number of hydrogen-bond donors (Lipinski definition) is 3. The van der Waals surface area contributed by atoms with Crippen LogP contribution in [-0.4, -0.2) is 24.1 Å². The first kappa shape index (κ1) is 26.0. The summed E-state index contributed by atoms with van der Waals surface area (Å²) in [6.07, 6.45) is -1.54. The molecule has 6 nitrogen and oxygen atoms in total. The molecule has 2 amide bonds. The van der Waals surface area contributed by atoms with E-state index in [9.17, 15) is 22.8 Å². The molecule has 0 bridgehead atoms. The Bertz CT molecular complexity index is 1130. The first-order valence-electron chi connectivity index (χ1n) is 11.7. The molecule has 1 atom stereocenters. The number of anilines is 1. The van der Waals surface area contributed by atoms with E-state index in [4.69, 9.17) is 4.74 Å². The lowest BCUT2D eigenvalue weighted by atomic mass is 9.88. The Morgan fingerprint density at radius 1 is 1.11 bits per heavy atom. The maximum absolute atomic E-state index is 13.7. The number of thiophene rings is 2. The van der Waals surface area contributed by atoms with Crippen LogP contribution in [0.4, 0.5) is 23.0 Å². The average Bonchev–Trinajstić information content (AvgIpc) is 3.28. The second-order valence-corrected chi connectivity index (χ2v) is 12.3. The van der Waals surface area contributed by atoms with Gasteiger partial charge in [-0.2, -0.15) is 13.2 Å². The molecule has 0 spiro atoms. The first-order valence-corrected chi connectivity index (χ1v) is 13.3. The maximum Gasteiger partial charge on any atom is 0.425 e. The molecule has 2 aromatic heterocycles. The van der Waals surface area contributed by atoms with Crippen LogP contribution in [0.1, 0.15) is 75.8 Å². The fourth-order valence-corrected chi connectivity index (χ4v) is 7.11. The van der Waals surface area contributed by atoms with E-state index in [0.29, 0.717) is 46.4 Å². The van der Waals surface area contributed by atoms with E-state index >= 15 is 0 Å². The molecule has 4 rings (SSSR count). The van der Waals surface area contributed by atoms with Crippen molar-refractivity contribution in [2.75, 3.05) is 11.9 Å². The van der Waals surface area contributed by atoms with Gasteiger partial charge in [-0.25, -0.2) is 9.59 Å². The molecule has 1 unspecified atom stereocenters. The van der Waals surface area contributed by atoms with E-state index in [1.54, 1.807) is 20.8 Å². The average molecular weight is 530 g/mol. The summed E-state index contributed by atoms with van der Waals surface area (Å²) in [5.74, 6) is -0.0343. The molecular formula is C24H30F3N3O3S2. The fraction of sp³-hybridized carbons (Fsp3) is 0.583. The molecule has 3 N–H and O–H groups in total. The zero-order valence-electron chi connectivity index (χ0n) is 20.2. The van der Waals surface area contributed by atoms with Crippen molar-refractivity contribution in [2.24, 2.45) is 5.92 Å². The number of nitrogens with one attached hydrogen (secondary N) is 3. The van der Waals surface area contributed by atoms with Crippen molar-refractivity contribution in [1.82, 2.24) is 10.6 Å². The van der Waals surface area contributed by atoms with Crippen LogP contribution in [0.3, 0.4) is 0 Å². The number of urea groups is 1. The summed E-state index contributed by atoms with van der Waals surface area (Å²) in [5, 5.41) is 8.79. The molecule has 35 heavy (non-hydrogen) atoms. The molecule has 0 aromatic carbocycles. The van der Waals surface area contributed by atoms with Crippen LogP contribution in [0.2, 0.25) is 0 Å². The lowest BCUT2D eigenvalue weighted by molar-refractivity contribution is -0.135. The minimum absolute atomic E-state index is 0.126. The maximum atomic E-state index is 13.7. The second-order valence-electron chi connectivity index (χ2n) is 10.1. The summed E-state index contributed by atoms with van der Waals surface area (Å²) in [6, 6.07) is -0.650. The summed E-state index contributed by atoms with van der Waals surface area (Å²) in [4.78, 5) is 26.9. The van der Waals surface area contributed by atoms with E-state index in [1.807, 2.05) is 0 Å². The third kappa shape index (κ3) is 5.83. The van der Waals surface area contributed by atoms with Gasteiger partial charge in [-0.3, -0.25) is 5.32 Å². The monoisotopic (exact) mass is 529 g/mol. The highest BCUT2D eigenvalue weighted by molar-refractivity contribution is 7.17. The molecule has 2 aromatic rings. The molecular weight excluding hydrogens is 499 g/mol. The normalized spacial score (nSPS) is 18.0. The molecule has 0 fully saturated rings. The van der Waals surface area contributed by atoms with Crippen LogP contribution >= 0.6 is 22.7 Å². The molecule has 0 saturated carbocycles. The summed E-state index contributed by atoms with van der Waals surface area (Å²) < 4.78 is 46.6. The molecule has 1 aliphatic heterocycles. The summed E-state index contributed by atoms with van der Waals surface area (Å²) in [5.41, 5.74) is 1.35. The number of carbonyl (C=O) groups excluding carboxylic acids is 2. The third-order valence-electron chi connectivity index (χ3n) is 6.06. The van der Waals surface area contributed by atoms with Gasteiger partial charge in [-0.1, -0.05) is 6.92 Å². The number of carbonyl (C=O) groups is 2. The van der Waals surface area contributed by atoms with E-state index in [1.165, 1.54) is 11.3 Å². The lowest BCUT2D eigenvalue weighted by Crippen LogP contribution is -2.31. The van der Waals surface area contributed by atoms with Crippen molar-refractivity contribution in [3.05, 3.63) is 36.9 Å². The molecule has 3 heterocycles. The third-order valence-corrected chi connectivity index (χ3v) is 8.55. The number of halogens is 3. The summed E-state index contributed by atoms with van der Waals surface area (Å²) >= 11 is 2.08. The van der Waals surface area contributed by atoms with Gasteiger partial charge in [0.1, 0.15) is 15.5 Å². The van der Waals surface area contributed by atoms with Crippen LogP contribution in [0.25, 0.3) is 0 Å². The number of fused-ring (bicyclic) bond motifs is 2. The smallest absolute Gasteiger partial charge is 0.425 e. The van der Waals surface area contributed by atoms with Crippen molar-refractivity contribution < 1.29 is 27.5 Å². The highest BCUT2D eigenvalue weighted by atomic mass is 32.1. The fourth-order valence-electron chi connectivity index (χ4n) is 4.52. The molecule has 0 saturated heterocycles. The van der Waals surface area contributed by atoms with Crippen molar-refractivity contribution in [2.45, 2.75) is 78.2 Å². The zero-order valence-corrected chi connectivity index (χ0v) is 21.8. The molecule has 2 aliphatic rings. The quantitative estimate of drug-likeness (QED) is 0.433. The minimum atomic E-state index is -4.48. The van der Waals surface area contributed by atoms with Gasteiger partial charge < -0.3 is 15.4 Å². The van der Waals surface area contributed by atoms with Gasteiger partial charge in [0.15, 0.2) is 0 Å². The van der Waals surface area contributed by atoms with Crippen molar-refractivity contribution >= 4 is 39.7 Å². The van der Waals surface area contributed by atoms with Gasteiger partial charge in [0, 0.05) is 22.8 Å². The Morgan fingerprint density at radius 3 is 2.54 bits per heavy atom. The molecule has 0 radical (unpaired) electrons. The molecule has 192 valence electrons. The second kappa shape index (κ2) is 9.74. The van der Waals surface area contributed by atoms with Gasteiger partial charge in [0.2, 0.25) is 0 Å². The minimum Gasteiger partial charge on any atom is -0.456 e. The number of esters is 1. The van der Waals surface area contributed by atoms with E-state index in [-0.39, 0.29) is 12.1 Å². The van der Waals surface area contributed by atoms with Gasteiger partial charge in [-0.15, -0.1) is 22.7 Å².